The SMILES string of the molecule is CC(C)n1c(=O)[nH]c2ncc(-c3ccncc3)cc21. The maximum Gasteiger partial charge on any atom is 0.327 e. The second kappa shape index (κ2) is 4.35. The lowest BCUT2D eigenvalue weighted by atomic mass is 10.1. The Morgan fingerprint density at radius 1 is 1.21 bits per heavy atom. The summed E-state index contributed by atoms with van der Waals surface area (Å²) in [4.78, 5) is 23.0. The molecule has 0 bridgehead atoms. The molecule has 19 heavy (non-hydrogen) atoms. The third-order valence-corrected chi connectivity index (χ3v) is 3.10. The Labute approximate surface area is 110 Å². The summed E-state index contributed by atoms with van der Waals surface area (Å²) in [6.45, 7) is 3.96. The first kappa shape index (κ1) is 11.6. The molecule has 0 unspecified atom stereocenters. The molecular weight excluding hydrogens is 240 g/mol. The van der Waals surface area contributed by atoms with Gasteiger partial charge in [0.25, 0.3) is 0 Å². The molecule has 0 aromatic carbocycles. The van der Waals surface area contributed by atoms with E-state index in [4.69, 9.17) is 0 Å². The van der Waals surface area contributed by atoms with E-state index in [1.165, 1.54) is 0 Å². The molecule has 3 aromatic heterocycles. The summed E-state index contributed by atoms with van der Waals surface area (Å²) in [7, 11) is 0. The van der Waals surface area contributed by atoms with Gasteiger partial charge in [0.05, 0.1) is 5.52 Å². The number of pyridine rings is 2. The largest absolute Gasteiger partial charge is 0.327 e. The van der Waals surface area contributed by atoms with E-state index in [-0.39, 0.29) is 11.7 Å². The standard InChI is InChI=1S/C14H14N4O/c1-9(2)18-12-7-11(10-3-5-15-6-4-10)8-16-13(12)17-14(18)19/h3-9H,1-2H3,(H,16,17,19). The minimum atomic E-state index is -0.121. The van der Waals surface area contributed by atoms with E-state index < -0.39 is 0 Å². The van der Waals surface area contributed by atoms with Gasteiger partial charge in [-0.1, -0.05) is 0 Å². The zero-order valence-electron chi connectivity index (χ0n) is 10.8. The smallest absolute Gasteiger partial charge is 0.290 e. The fourth-order valence-electron chi connectivity index (χ4n) is 2.22. The first-order valence-corrected chi connectivity index (χ1v) is 6.17. The average molecular weight is 254 g/mol. The van der Waals surface area contributed by atoms with E-state index in [9.17, 15) is 4.79 Å². The van der Waals surface area contributed by atoms with E-state index >= 15 is 0 Å². The van der Waals surface area contributed by atoms with Crippen molar-refractivity contribution in [3.05, 3.63) is 47.3 Å². The topological polar surface area (TPSA) is 63.6 Å². The average Bonchev–Trinajstić information content (AvgIpc) is 2.74. The molecule has 5 nitrogen and oxygen atoms in total. The molecule has 0 fully saturated rings. The van der Waals surface area contributed by atoms with Gasteiger partial charge in [-0.15, -0.1) is 0 Å². The lowest BCUT2D eigenvalue weighted by molar-refractivity contribution is 0.598. The van der Waals surface area contributed by atoms with Crippen molar-refractivity contribution in [1.29, 1.82) is 0 Å². The highest BCUT2D eigenvalue weighted by Crippen LogP contribution is 2.22. The van der Waals surface area contributed by atoms with E-state index in [0.29, 0.717) is 5.65 Å². The molecule has 0 saturated carbocycles. The number of nitrogens with one attached hydrogen (secondary N) is 1. The Morgan fingerprint density at radius 2 is 1.95 bits per heavy atom. The maximum absolute atomic E-state index is 11.9. The van der Waals surface area contributed by atoms with Crippen molar-refractivity contribution in [1.82, 2.24) is 19.5 Å². The molecule has 0 amide bonds. The monoisotopic (exact) mass is 254 g/mol. The number of rotatable bonds is 2. The van der Waals surface area contributed by atoms with Crippen LogP contribution >= 0.6 is 0 Å². The predicted molar refractivity (Wildman–Crippen MR) is 74.0 cm³/mol. The molecule has 0 saturated heterocycles. The summed E-state index contributed by atoms with van der Waals surface area (Å²) < 4.78 is 1.72. The van der Waals surface area contributed by atoms with Crippen LogP contribution in [0.3, 0.4) is 0 Å². The van der Waals surface area contributed by atoms with Crippen LogP contribution in [-0.4, -0.2) is 19.5 Å². The number of nitrogens with zero attached hydrogens (tertiary/aromatic N) is 3. The summed E-state index contributed by atoms with van der Waals surface area (Å²) in [5.41, 5.74) is 3.34. The highest BCUT2D eigenvalue weighted by molar-refractivity contribution is 5.78. The normalized spacial score (nSPS) is 11.3. The Hall–Kier alpha value is -2.43. The molecule has 96 valence electrons. The summed E-state index contributed by atoms with van der Waals surface area (Å²) in [5, 5.41) is 0. The summed E-state index contributed by atoms with van der Waals surface area (Å²) >= 11 is 0. The molecule has 0 aliphatic rings. The number of hydrogen-bond donors (Lipinski definition) is 1. The first-order chi connectivity index (χ1) is 9.16. The fraction of sp³-hybridized carbons (Fsp3) is 0.214. The zero-order chi connectivity index (χ0) is 13.4. The number of fused-ring (bicyclic) bond motifs is 1. The van der Waals surface area contributed by atoms with Crippen LogP contribution < -0.4 is 5.69 Å². The number of imidazole rings is 1. The number of aromatic nitrogens is 4. The zero-order valence-corrected chi connectivity index (χ0v) is 10.8. The van der Waals surface area contributed by atoms with Gasteiger partial charge in [-0.05, 0) is 37.6 Å². The van der Waals surface area contributed by atoms with Crippen LogP contribution in [0.15, 0.2) is 41.6 Å². The molecule has 0 atom stereocenters. The van der Waals surface area contributed by atoms with Gasteiger partial charge in [-0.3, -0.25) is 14.5 Å². The molecule has 1 N–H and O–H groups in total. The van der Waals surface area contributed by atoms with Gasteiger partial charge in [-0.25, -0.2) is 9.78 Å². The van der Waals surface area contributed by atoms with Gasteiger partial charge in [0, 0.05) is 30.2 Å². The van der Waals surface area contributed by atoms with Crippen LogP contribution in [-0.2, 0) is 0 Å². The maximum atomic E-state index is 11.9. The summed E-state index contributed by atoms with van der Waals surface area (Å²) in [6, 6.07) is 5.92. The highest BCUT2D eigenvalue weighted by Gasteiger charge is 2.11. The van der Waals surface area contributed by atoms with Crippen molar-refractivity contribution in [3.8, 4) is 11.1 Å². The van der Waals surface area contributed by atoms with Gasteiger partial charge < -0.3 is 0 Å². The van der Waals surface area contributed by atoms with Crippen molar-refractivity contribution < 1.29 is 0 Å². The van der Waals surface area contributed by atoms with Crippen molar-refractivity contribution in [2.45, 2.75) is 19.9 Å². The Bertz CT molecular complexity index is 771. The van der Waals surface area contributed by atoms with Crippen LogP contribution in [0.25, 0.3) is 22.3 Å². The van der Waals surface area contributed by atoms with Crippen molar-refractivity contribution in [2.75, 3.05) is 0 Å². The van der Waals surface area contributed by atoms with Crippen LogP contribution in [0, 0.1) is 0 Å². The minimum absolute atomic E-state index is 0.0933. The minimum Gasteiger partial charge on any atom is -0.290 e. The lowest BCUT2D eigenvalue weighted by Gasteiger charge is -2.07. The van der Waals surface area contributed by atoms with Gasteiger partial charge >= 0.3 is 5.69 Å². The van der Waals surface area contributed by atoms with Crippen molar-refractivity contribution in [3.63, 3.8) is 0 Å². The molecule has 3 aromatic rings. The van der Waals surface area contributed by atoms with Crippen molar-refractivity contribution >= 4 is 11.2 Å². The van der Waals surface area contributed by atoms with E-state index in [0.717, 1.165) is 16.6 Å². The van der Waals surface area contributed by atoms with Gasteiger partial charge in [0.1, 0.15) is 0 Å². The Morgan fingerprint density at radius 3 is 2.63 bits per heavy atom. The van der Waals surface area contributed by atoms with E-state index in [1.54, 1.807) is 23.2 Å². The van der Waals surface area contributed by atoms with Crippen LogP contribution in [0.1, 0.15) is 19.9 Å². The molecule has 0 radical (unpaired) electrons. The van der Waals surface area contributed by atoms with Crippen molar-refractivity contribution in [2.24, 2.45) is 0 Å². The fourth-order valence-corrected chi connectivity index (χ4v) is 2.22. The molecule has 5 heteroatoms. The summed E-state index contributed by atoms with van der Waals surface area (Å²) in [5.74, 6) is 0. The number of aromatic amines is 1. The van der Waals surface area contributed by atoms with Crippen LogP contribution in [0.2, 0.25) is 0 Å². The Kier molecular flexibility index (Phi) is 2.67. The summed E-state index contributed by atoms with van der Waals surface area (Å²) in [6.07, 6.45) is 5.25. The predicted octanol–water partition coefficient (Wildman–Crippen LogP) is 2.37. The number of H-pyrrole nitrogens is 1. The quantitative estimate of drug-likeness (QED) is 0.763. The molecule has 3 rings (SSSR count). The lowest BCUT2D eigenvalue weighted by Crippen LogP contribution is -2.18. The van der Waals surface area contributed by atoms with Gasteiger partial charge in [-0.2, -0.15) is 0 Å². The van der Waals surface area contributed by atoms with Gasteiger partial charge in [0.2, 0.25) is 0 Å². The van der Waals surface area contributed by atoms with E-state index in [2.05, 4.69) is 15.0 Å². The third-order valence-electron chi connectivity index (χ3n) is 3.10. The Balaban J connectivity index is 2.26. The first-order valence-electron chi connectivity index (χ1n) is 6.17. The number of hydrogen-bond acceptors (Lipinski definition) is 3. The third kappa shape index (κ3) is 1.93. The molecular formula is C14H14N4O. The molecule has 0 aliphatic heterocycles. The molecule has 0 spiro atoms. The van der Waals surface area contributed by atoms with E-state index in [1.807, 2.05) is 32.0 Å². The molecule has 0 aliphatic carbocycles. The van der Waals surface area contributed by atoms with Crippen LogP contribution in [0.5, 0.6) is 0 Å². The van der Waals surface area contributed by atoms with Crippen LogP contribution in [0.4, 0.5) is 0 Å². The van der Waals surface area contributed by atoms with Gasteiger partial charge in [0.15, 0.2) is 5.65 Å². The highest BCUT2D eigenvalue weighted by atomic mass is 16.1. The second-order valence-electron chi connectivity index (χ2n) is 4.72. The second-order valence-corrected chi connectivity index (χ2v) is 4.72. The molecule has 3 heterocycles.